The molecule has 0 bridgehead atoms. The van der Waals surface area contributed by atoms with Crippen molar-refractivity contribution in [2.24, 2.45) is 5.41 Å². The van der Waals surface area contributed by atoms with Gasteiger partial charge in [-0.2, -0.15) is 0 Å². The molecule has 1 aliphatic carbocycles. The van der Waals surface area contributed by atoms with Crippen LogP contribution < -0.4 is 4.74 Å². The maximum absolute atomic E-state index is 14.0. The summed E-state index contributed by atoms with van der Waals surface area (Å²) in [7, 11) is 1.45. The van der Waals surface area contributed by atoms with Gasteiger partial charge in [0.2, 0.25) is 0 Å². The summed E-state index contributed by atoms with van der Waals surface area (Å²) in [6.45, 7) is 3.84. The zero-order valence-electron chi connectivity index (χ0n) is 10.6. The highest BCUT2D eigenvalue weighted by Gasteiger charge is 2.52. The highest BCUT2D eigenvalue weighted by Crippen LogP contribution is 2.54. The lowest BCUT2D eigenvalue weighted by atomic mass is 9.82. The van der Waals surface area contributed by atoms with Crippen molar-refractivity contribution in [2.75, 3.05) is 7.11 Å². The molecule has 17 heavy (non-hydrogen) atoms. The molecule has 0 saturated heterocycles. The van der Waals surface area contributed by atoms with Crippen LogP contribution in [0.1, 0.15) is 32.3 Å². The van der Waals surface area contributed by atoms with Gasteiger partial charge in [0.25, 0.3) is 0 Å². The first-order valence-electron chi connectivity index (χ1n) is 5.93. The predicted molar refractivity (Wildman–Crippen MR) is 64.6 cm³/mol. The number of hydrogen-bond donors (Lipinski definition) is 1. The average Bonchev–Trinajstić information content (AvgIpc) is 3.01. The van der Waals surface area contributed by atoms with Crippen molar-refractivity contribution in [1.82, 2.24) is 0 Å². The molecule has 94 valence electrons. The van der Waals surface area contributed by atoms with Gasteiger partial charge in [-0.1, -0.05) is 19.1 Å². The third-order valence-corrected chi connectivity index (χ3v) is 4.10. The van der Waals surface area contributed by atoms with Gasteiger partial charge in [-0.05, 0) is 36.8 Å². The Labute approximate surface area is 101 Å². The van der Waals surface area contributed by atoms with E-state index in [9.17, 15) is 9.50 Å². The second kappa shape index (κ2) is 3.98. The number of aliphatic hydroxyl groups is 1. The summed E-state index contributed by atoms with van der Waals surface area (Å²) in [5.74, 6) is -0.126. The molecule has 2 rings (SSSR count). The zero-order chi connectivity index (χ0) is 12.7. The molecule has 0 heterocycles. The van der Waals surface area contributed by atoms with E-state index in [-0.39, 0.29) is 17.0 Å². The molecule has 1 atom stereocenters. The van der Waals surface area contributed by atoms with Gasteiger partial charge >= 0.3 is 0 Å². The Balaban J connectivity index is 2.24. The average molecular weight is 238 g/mol. The first-order chi connectivity index (χ1) is 7.89. The van der Waals surface area contributed by atoms with Gasteiger partial charge in [-0.25, -0.2) is 4.39 Å². The van der Waals surface area contributed by atoms with Crippen molar-refractivity contribution in [1.29, 1.82) is 0 Å². The van der Waals surface area contributed by atoms with E-state index in [1.807, 2.05) is 6.92 Å². The molecule has 0 aliphatic heterocycles. The molecule has 1 saturated carbocycles. The van der Waals surface area contributed by atoms with Gasteiger partial charge in [-0.3, -0.25) is 0 Å². The summed E-state index contributed by atoms with van der Waals surface area (Å²) in [6, 6.07) is 5.05. The number of methoxy groups -OCH3 is 1. The fourth-order valence-electron chi connectivity index (χ4n) is 2.16. The summed E-state index contributed by atoms with van der Waals surface area (Å²) < 4.78 is 18.9. The zero-order valence-corrected chi connectivity index (χ0v) is 10.6. The molecule has 0 aromatic heterocycles. The summed E-state index contributed by atoms with van der Waals surface area (Å²) in [5.41, 5.74) is -0.412. The highest BCUT2D eigenvalue weighted by atomic mass is 19.1. The lowest BCUT2D eigenvalue weighted by Crippen LogP contribution is -2.37. The number of benzene rings is 1. The van der Waals surface area contributed by atoms with Gasteiger partial charge < -0.3 is 9.84 Å². The Morgan fingerprint density at radius 2 is 2.12 bits per heavy atom. The van der Waals surface area contributed by atoms with E-state index in [0.717, 1.165) is 12.8 Å². The monoisotopic (exact) mass is 238 g/mol. The van der Waals surface area contributed by atoms with Crippen LogP contribution in [0.5, 0.6) is 5.75 Å². The maximum atomic E-state index is 14.0. The van der Waals surface area contributed by atoms with Crippen molar-refractivity contribution < 1.29 is 14.2 Å². The lowest BCUT2D eigenvalue weighted by Gasteiger charge is -2.30. The number of ether oxygens (including phenoxy) is 1. The van der Waals surface area contributed by atoms with Gasteiger partial charge in [0.15, 0.2) is 11.6 Å². The van der Waals surface area contributed by atoms with Crippen molar-refractivity contribution >= 4 is 0 Å². The van der Waals surface area contributed by atoms with E-state index in [4.69, 9.17) is 4.74 Å². The van der Waals surface area contributed by atoms with E-state index >= 15 is 0 Å². The minimum atomic E-state index is -0.861. The Hall–Kier alpha value is -1.09. The van der Waals surface area contributed by atoms with Crippen LogP contribution in [-0.2, 0) is 6.42 Å². The lowest BCUT2D eigenvalue weighted by molar-refractivity contribution is -0.00775. The third-order valence-electron chi connectivity index (χ3n) is 4.10. The molecule has 1 N–H and O–H groups in total. The van der Waals surface area contributed by atoms with E-state index < -0.39 is 5.60 Å². The topological polar surface area (TPSA) is 29.5 Å². The van der Waals surface area contributed by atoms with Crippen molar-refractivity contribution in [3.8, 4) is 5.75 Å². The van der Waals surface area contributed by atoms with Crippen LogP contribution in [0.3, 0.4) is 0 Å². The van der Waals surface area contributed by atoms with Crippen LogP contribution in [-0.4, -0.2) is 17.8 Å². The summed E-state index contributed by atoms with van der Waals surface area (Å²) >= 11 is 0. The SMILES string of the molecule is COc1cccc(CC(C)(O)C2(C)CC2)c1F. The maximum Gasteiger partial charge on any atom is 0.168 e. The van der Waals surface area contributed by atoms with Crippen LogP contribution >= 0.6 is 0 Å². The summed E-state index contributed by atoms with van der Waals surface area (Å²) in [6.07, 6.45) is 2.34. The normalized spacial score (nSPS) is 20.8. The molecule has 0 radical (unpaired) electrons. The largest absolute Gasteiger partial charge is 0.494 e. The van der Waals surface area contributed by atoms with Gasteiger partial charge in [0, 0.05) is 6.42 Å². The predicted octanol–water partition coefficient (Wildman–Crippen LogP) is 2.93. The first-order valence-corrected chi connectivity index (χ1v) is 5.93. The first kappa shape index (κ1) is 12.4. The molecular formula is C14H19FO2. The number of halogens is 1. The van der Waals surface area contributed by atoms with Crippen LogP contribution in [0, 0.1) is 11.2 Å². The molecule has 1 aromatic rings. The number of rotatable bonds is 4. The van der Waals surface area contributed by atoms with Crippen LogP contribution in [0.2, 0.25) is 0 Å². The highest BCUT2D eigenvalue weighted by molar-refractivity contribution is 5.32. The fraction of sp³-hybridized carbons (Fsp3) is 0.571. The standard InChI is InChI=1S/C14H19FO2/c1-13(7-8-13)14(2,16)9-10-5-4-6-11(17-3)12(10)15/h4-6,16H,7-9H2,1-3H3. The van der Waals surface area contributed by atoms with Gasteiger partial charge in [0.1, 0.15) is 0 Å². The number of hydrogen-bond acceptors (Lipinski definition) is 2. The summed E-state index contributed by atoms with van der Waals surface area (Å²) in [4.78, 5) is 0. The molecular weight excluding hydrogens is 219 g/mol. The van der Waals surface area contributed by atoms with Crippen LogP contribution in [0.4, 0.5) is 4.39 Å². The van der Waals surface area contributed by atoms with E-state index in [0.29, 0.717) is 12.0 Å². The van der Waals surface area contributed by atoms with Crippen molar-refractivity contribution in [3.05, 3.63) is 29.6 Å². The smallest absolute Gasteiger partial charge is 0.168 e. The second-order valence-corrected chi connectivity index (χ2v) is 5.44. The molecule has 1 fully saturated rings. The molecule has 0 spiro atoms. The van der Waals surface area contributed by atoms with E-state index in [1.165, 1.54) is 7.11 Å². The fourth-order valence-corrected chi connectivity index (χ4v) is 2.16. The minimum absolute atomic E-state index is 0.0669. The van der Waals surface area contributed by atoms with Crippen molar-refractivity contribution in [3.63, 3.8) is 0 Å². The van der Waals surface area contributed by atoms with Gasteiger partial charge in [-0.15, -0.1) is 0 Å². The molecule has 0 amide bonds. The summed E-state index contributed by atoms with van der Waals surface area (Å²) in [5, 5.41) is 10.4. The van der Waals surface area contributed by atoms with E-state index in [1.54, 1.807) is 25.1 Å². The van der Waals surface area contributed by atoms with E-state index in [2.05, 4.69) is 0 Å². The second-order valence-electron chi connectivity index (χ2n) is 5.44. The molecule has 1 unspecified atom stereocenters. The van der Waals surface area contributed by atoms with Gasteiger partial charge in [0.05, 0.1) is 12.7 Å². The Bertz CT molecular complexity index is 422. The molecule has 1 aliphatic rings. The Kier molecular flexibility index (Phi) is 2.90. The quantitative estimate of drug-likeness (QED) is 0.874. The minimum Gasteiger partial charge on any atom is -0.494 e. The third kappa shape index (κ3) is 2.16. The molecule has 3 heteroatoms. The molecule has 1 aromatic carbocycles. The van der Waals surface area contributed by atoms with Crippen molar-refractivity contribution in [2.45, 2.75) is 38.7 Å². The van der Waals surface area contributed by atoms with Crippen LogP contribution in [0.25, 0.3) is 0 Å². The molecule has 2 nitrogen and oxygen atoms in total. The van der Waals surface area contributed by atoms with Crippen LogP contribution in [0.15, 0.2) is 18.2 Å². The Morgan fingerprint density at radius 3 is 2.65 bits per heavy atom. The Morgan fingerprint density at radius 1 is 1.47 bits per heavy atom.